The summed E-state index contributed by atoms with van der Waals surface area (Å²) in [6.45, 7) is 4.07. The summed E-state index contributed by atoms with van der Waals surface area (Å²) in [5.74, 6) is -0.183. The molecule has 0 aromatic heterocycles. The zero-order chi connectivity index (χ0) is 20.5. The maximum atomic E-state index is 13.0. The van der Waals surface area contributed by atoms with E-state index in [1.165, 1.54) is 0 Å². The number of rotatable bonds is 9. The minimum absolute atomic E-state index is 0.0185. The fraction of sp³-hybridized carbons (Fsp3) is 0.391. The number of carbonyl (C=O) groups is 2. The van der Waals surface area contributed by atoms with E-state index >= 15 is 0 Å². The SMILES string of the molecule is CCCCCC(=O)Nc1ccc(N(C)C)c(C(=O)NC(C)c2ccccc2)c1. The van der Waals surface area contributed by atoms with Gasteiger partial charge in [-0.1, -0.05) is 50.1 Å². The second kappa shape index (κ2) is 10.5. The van der Waals surface area contributed by atoms with Gasteiger partial charge in [-0.3, -0.25) is 9.59 Å². The highest BCUT2D eigenvalue weighted by atomic mass is 16.2. The van der Waals surface area contributed by atoms with E-state index in [0.29, 0.717) is 17.7 Å². The van der Waals surface area contributed by atoms with Crippen LogP contribution < -0.4 is 15.5 Å². The molecular formula is C23H31N3O2. The molecule has 2 aromatic rings. The maximum Gasteiger partial charge on any atom is 0.253 e. The average Bonchev–Trinajstić information content (AvgIpc) is 2.68. The van der Waals surface area contributed by atoms with Crippen molar-refractivity contribution in [2.75, 3.05) is 24.3 Å². The van der Waals surface area contributed by atoms with Crippen LogP contribution in [-0.2, 0) is 4.79 Å². The van der Waals surface area contributed by atoms with Crippen molar-refractivity contribution in [1.82, 2.24) is 5.32 Å². The maximum absolute atomic E-state index is 13.0. The lowest BCUT2D eigenvalue weighted by atomic mass is 10.1. The van der Waals surface area contributed by atoms with Crippen molar-refractivity contribution in [1.29, 1.82) is 0 Å². The molecule has 0 aliphatic heterocycles. The summed E-state index contributed by atoms with van der Waals surface area (Å²) in [5, 5.41) is 5.96. The van der Waals surface area contributed by atoms with Crippen LogP contribution in [0.5, 0.6) is 0 Å². The first kappa shape index (κ1) is 21.5. The van der Waals surface area contributed by atoms with E-state index in [1.54, 1.807) is 6.07 Å². The molecule has 0 saturated carbocycles. The van der Waals surface area contributed by atoms with Crippen LogP contribution in [0.25, 0.3) is 0 Å². The molecule has 0 bridgehead atoms. The Morgan fingerprint density at radius 2 is 1.75 bits per heavy atom. The number of nitrogens with one attached hydrogen (secondary N) is 2. The van der Waals surface area contributed by atoms with Gasteiger partial charge in [-0.05, 0) is 37.1 Å². The van der Waals surface area contributed by atoms with E-state index in [2.05, 4.69) is 17.6 Å². The number of nitrogens with zero attached hydrogens (tertiary/aromatic N) is 1. The molecule has 0 heterocycles. The quantitative estimate of drug-likeness (QED) is 0.616. The van der Waals surface area contributed by atoms with Gasteiger partial charge in [-0.15, -0.1) is 0 Å². The third-order valence-electron chi connectivity index (χ3n) is 4.66. The third kappa shape index (κ3) is 6.12. The molecule has 0 fully saturated rings. The molecule has 0 spiro atoms. The summed E-state index contributed by atoms with van der Waals surface area (Å²) < 4.78 is 0. The van der Waals surface area contributed by atoms with Crippen LogP contribution in [0.1, 0.15) is 61.5 Å². The third-order valence-corrected chi connectivity index (χ3v) is 4.66. The first-order chi connectivity index (χ1) is 13.4. The number of anilines is 2. The van der Waals surface area contributed by atoms with Gasteiger partial charge in [0.25, 0.3) is 5.91 Å². The average molecular weight is 382 g/mol. The summed E-state index contributed by atoms with van der Waals surface area (Å²) in [6.07, 6.45) is 3.49. The highest BCUT2D eigenvalue weighted by Crippen LogP contribution is 2.24. The molecule has 5 heteroatoms. The number of amides is 2. The van der Waals surface area contributed by atoms with Crippen molar-refractivity contribution < 1.29 is 9.59 Å². The molecule has 0 saturated heterocycles. The summed E-state index contributed by atoms with van der Waals surface area (Å²) in [4.78, 5) is 27.0. The number of hydrogen-bond donors (Lipinski definition) is 2. The highest BCUT2D eigenvalue weighted by molar-refractivity contribution is 6.02. The molecule has 5 nitrogen and oxygen atoms in total. The Balaban J connectivity index is 2.15. The molecular weight excluding hydrogens is 350 g/mol. The molecule has 1 atom stereocenters. The van der Waals surface area contributed by atoms with Gasteiger partial charge in [0.15, 0.2) is 0 Å². The van der Waals surface area contributed by atoms with E-state index in [0.717, 1.165) is 30.5 Å². The van der Waals surface area contributed by atoms with E-state index < -0.39 is 0 Å². The Labute approximate surface area is 168 Å². The lowest BCUT2D eigenvalue weighted by molar-refractivity contribution is -0.116. The number of benzene rings is 2. The molecule has 2 amide bonds. The standard InChI is InChI=1S/C23H31N3O2/c1-5-6-8-13-22(27)25-19-14-15-21(26(3)4)20(16-19)23(28)24-17(2)18-11-9-7-10-12-18/h7,9-12,14-17H,5-6,8,13H2,1-4H3,(H,24,28)(H,25,27). The van der Waals surface area contributed by atoms with Crippen molar-refractivity contribution in [2.45, 2.75) is 45.6 Å². The Morgan fingerprint density at radius 1 is 1.04 bits per heavy atom. The van der Waals surface area contributed by atoms with Crippen LogP contribution >= 0.6 is 0 Å². The predicted octanol–water partition coefficient (Wildman–Crippen LogP) is 4.76. The second-order valence-electron chi connectivity index (χ2n) is 7.24. The molecule has 2 aromatic carbocycles. The summed E-state index contributed by atoms with van der Waals surface area (Å²) >= 11 is 0. The Hall–Kier alpha value is -2.82. The Kier molecular flexibility index (Phi) is 8.05. The van der Waals surface area contributed by atoms with Crippen molar-refractivity contribution in [3.63, 3.8) is 0 Å². The van der Waals surface area contributed by atoms with Gasteiger partial charge < -0.3 is 15.5 Å². The molecule has 150 valence electrons. The Morgan fingerprint density at radius 3 is 2.39 bits per heavy atom. The molecule has 2 N–H and O–H groups in total. The van der Waals surface area contributed by atoms with Crippen LogP contribution in [0.2, 0.25) is 0 Å². The molecule has 28 heavy (non-hydrogen) atoms. The normalized spacial score (nSPS) is 11.6. The van der Waals surface area contributed by atoms with Crippen LogP contribution in [0.4, 0.5) is 11.4 Å². The zero-order valence-corrected chi connectivity index (χ0v) is 17.3. The van der Waals surface area contributed by atoms with Gasteiger partial charge >= 0.3 is 0 Å². The lowest BCUT2D eigenvalue weighted by Crippen LogP contribution is -2.28. The van der Waals surface area contributed by atoms with E-state index in [4.69, 9.17) is 0 Å². The first-order valence-corrected chi connectivity index (χ1v) is 9.89. The molecule has 0 radical (unpaired) electrons. The highest BCUT2D eigenvalue weighted by Gasteiger charge is 2.17. The second-order valence-corrected chi connectivity index (χ2v) is 7.24. The summed E-state index contributed by atoms with van der Waals surface area (Å²) in [5.41, 5.74) is 3.04. The fourth-order valence-corrected chi connectivity index (χ4v) is 3.04. The number of unbranched alkanes of at least 4 members (excludes halogenated alkanes) is 2. The summed E-state index contributed by atoms with van der Waals surface area (Å²) in [6, 6.07) is 15.2. The van der Waals surface area contributed by atoms with E-state index in [-0.39, 0.29) is 17.9 Å². The zero-order valence-electron chi connectivity index (χ0n) is 17.3. The number of hydrogen-bond acceptors (Lipinski definition) is 3. The van der Waals surface area contributed by atoms with E-state index in [1.807, 2.05) is 68.4 Å². The predicted molar refractivity (Wildman–Crippen MR) is 116 cm³/mol. The molecule has 0 aliphatic carbocycles. The fourth-order valence-electron chi connectivity index (χ4n) is 3.04. The van der Waals surface area contributed by atoms with Crippen LogP contribution in [0.15, 0.2) is 48.5 Å². The lowest BCUT2D eigenvalue weighted by Gasteiger charge is -2.20. The smallest absolute Gasteiger partial charge is 0.253 e. The van der Waals surface area contributed by atoms with Gasteiger partial charge in [-0.2, -0.15) is 0 Å². The topological polar surface area (TPSA) is 61.4 Å². The van der Waals surface area contributed by atoms with Crippen molar-refractivity contribution in [3.8, 4) is 0 Å². The molecule has 2 rings (SSSR count). The van der Waals surface area contributed by atoms with E-state index in [9.17, 15) is 9.59 Å². The van der Waals surface area contributed by atoms with Crippen LogP contribution in [-0.4, -0.2) is 25.9 Å². The van der Waals surface area contributed by atoms with Gasteiger partial charge in [0.2, 0.25) is 5.91 Å². The van der Waals surface area contributed by atoms with Crippen LogP contribution in [0.3, 0.4) is 0 Å². The summed E-state index contributed by atoms with van der Waals surface area (Å²) in [7, 11) is 3.80. The molecule has 1 unspecified atom stereocenters. The number of carbonyl (C=O) groups excluding carboxylic acids is 2. The Bertz CT molecular complexity index is 788. The van der Waals surface area contributed by atoms with Crippen LogP contribution in [0, 0.1) is 0 Å². The van der Waals surface area contributed by atoms with Gasteiger partial charge in [-0.25, -0.2) is 0 Å². The van der Waals surface area contributed by atoms with Gasteiger partial charge in [0, 0.05) is 31.9 Å². The molecule has 0 aliphatic rings. The van der Waals surface area contributed by atoms with Crippen molar-refractivity contribution in [2.24, 2.45) is 0 Å². The minimum atomic E-state index is -0.165. The van der Waals surface area contributed by atoms with Crippen molar-refractivity contribution >= 4 is 23.2 Å². The van der Waals surface area contributed by atoms with Gasteiger partial charge in [0.05, 0.1) is 11.6 Å². The first-order valence-electron chi connectivity index (χ1n) is 9.89. The van der Waals surface area contributed by atoms with Crippen molar-refractivity contribution in [3.05, 3.63) is 59.7 Å². The monoisotopic (exact) mass is 381 g/mol. The van der Waals surface area contributed by atoms with Gasteiger partial charge in [0.1, 0.15) is 0 Å². The minimum Gasteiger partial charge on any atom is -0.377 e. The largest absolute Gasteiger partial charge is 0.377 e.